The number of rotatable bonds is 3. The molecule has 94 valence electrons. The molecule has 1 saturated carbocycles. The minimum atomic E-state index is -4.26. The Bertz CT molecular complexity index is 394. The zero-order chi connectivity index (χ0) is 12.5. The molecule has 0 heterocycles. The summed E-state index contributed by atoms with van der Waals surface area (Å²) in [6.45, 7) is 2.60. The van der Waals surface area contributed by atoms with Crippen LogP contribution in [-0.2, 0) is 6.18 Å². The Kier molecular flexibility index (Phi) is 3.31. The number of anilines is 1. The summed E-state index contributed by atoms with van der Waals surface area (Å²) in [5.41, 5.74) is 0.878. The molecule has 1 aliphatic rings. The molecular weight excluding hydrogens is 227 g/mol. The monoisotopic (exact) mass is 243 g/mol. The molecule has 0 saturated heterocycles. The zero-order valence-electron chi connectivity index (χ0n) is 9.77. The summed E-state index contributed by atoms with van der Waals surface area (Å²) in [6, 6.07) is 3.85. The number of nitrogens with one attached hydrogen (secondary N) is 1. The highest BCUT2D eigenvalue weighted by atomic mass is 19.4. The second kappa shape index (κ2) is 4.59. The van der Waals surface area contributed by atoms with E-state index in [0.717, 1.165) is 18.2 Å². The summed E-state index contributed by atoms with van der Waals surface area (Å²) in [5.74, 6) is 0.629. The number of aryl methyl sites for hydroxylation is 1. The molecule has 0 radical (unpaired) electrons. The number of hydrogen-bond acceptors (Lipinski definition) is 1. The number of alkyl halides is 3. The second-order valence-corrected chi connectivity index (χ2v) is 4.71. The standard InChI is InChI=1S/C13H16F3N/c1-9-5-6-11(13(14,15)16)7-12(9)17-8-10-3-2-4-10/h5-7,10,17H,2-4,8H2,1H3. The summed E-state index contributed by atoms with van der Waals surface area (Å²) >= 11 is 0. The van der Waals surface area contributed by atoms with Crippen LogP contribution in [0.5, 0.6) is 0 Å². The van der Waals surface area contributed by atoms with E-state index in [1.165, 1.54) is 31.4 Å². The largest absolute Gasteiger partial charge is 0.416 e. The van der Waals surface area contributed by atoms with E-state index in [0.29, 0.717) is 11.6 Å². The third kappa shape index (κ3) is 2.93. The summed E-state index contributed by atoms with van der Waals surface area (Å²) in [5, 5.41) is 3.13. The van der Waals surface area contributed by atoms with Gasteiger partial charge in [-0.3, -0.25) is 0 Å². The van der Waals surface area contributed by atoms with Crippen LogP contribution in [0.4, 0.5) is 18.9 Å². The Morgan fingerprint density at radius 2 is 2.00 bits per heavy atom. The van der Waals surface area contributed by atoms with Gasteiger partial charge in [0.25, 0.3) is 0 Å². The molecule has 1 aromatic carbocycles. The van der Waals surface area contributed by atoms with Gasteiger partial charge in [0.05, 0.1) is 5.56 Å². The van der Waals surface area contributed by atoms with Crippen LogP contribution in [-0.4, -0.2) is 6.54 Å². The highest BCUT2D eigenvalue weighted by Gasteiger charge is 2.30. The van der Waals surface area contributed by atoms with Crippen molar-refractivity contribution < 1.29 is 13.2 Å². The van der Waals surface area contributed by atoms with E-state index in [2.05, 4.69) is 5.32 Å². The van der Waals surface area contributed by atoms with E-state index in [-0.39, 0.29) is 0 Å². The lowest BCUT2D eigenvalue weighted by Gasteiger charge is -2.26. The number of benzene rings is 1. The predicted octanol–water partition coefficient (Wildman–Crippen LogP) is 4.23. The van der Waals surface area contributed by atoms with Crippen LogP contribution in [0, 0.1) is 12.8 Å². The average Bonchev–Trinajstić information content (AvgIpc) is 2.16. The lowest BCUT2D eigenvalue weighted by Crippen LogP contribution is -2.21. The topological polar surface area (TPSA) is 12.0 Å². The van der Waals surface area contributed by atoms with Gasteiger partial charge in [-0.15, -0.1) is 0 Å². The van der Waals surface area contributed by atoms with Gasteiger partial charge in [-0.1, -0.05) is 12.5 Å². The first-order valence-corrected chi connectivity index (χ1v) is 5.88. The van der Waals surface area contributed by atoms with Crippen LogP contribution in [0.2, 0.25) is 0 Å². The van der Waals surface area contributed by atoms with E-state index in [1.54, 1.807) is 0 Å². The van der Waals surface area contributed by atoms with E-state index in [9.17, 15) is 13.2 Å². The Labute approximate surface area is 99.0 Å². The number of halogens is 3. The molecule has 1 nitrogen and oxygen atoms in total. The van der Waals surface area contributed by atoms with Crippen LogP contribution >= 0.6 is 0 Å². The normalized spacial score (nSPS) is 16.7. The first-order chi connectivity index (χ1) is 7.97. The Balaban J connectivity index is 2.08. The Hall–Kier alpha value is -1.19. The van der Waals surface area contributed by atoms with Crippen molar-refractivity contribution in [1.29, 1.82) is 0 Å². The third-order valence-corrected chi connectivity index (χ3v) is 3.37. The lowest BCUT2D eigenvalue weighted by molar-refractivity contribution is -0.137. The molecule has 0 bridgehead atoms. The average molecular weight is 243 g/mol. The highest BCUT2D eigenvalue weighted by Crippen LogP contribution is 2.33. The van der Waals surface area contributed by atoms with Crippen molar-refractivity contribution in [2.24, 2.45) is 5.92 Å². The van der Waals surface area contributed by atoms with Gasteiger partial charge in [-0.05, 0) is 43.4 Å². The van der Waals surface area contributed by atoms with Crippen molar-refractivity contribution in [3.8, 4) is 0 Å². The van der Waals surface area contributed by atoms with E-state index in [1.807, 2.05) is 6.92 Å². The van der Waals surface area contributed by atoms with Crippen molar-refractivity contribution in [2.75, 3.05) is 11.9 Å². The molecule has 0 spiro atoms. The van der Waals surface area contributed by atoms with E-state index >= 15 is 0 Å². The highest BCUT2D eigenvalue weighted by molar-refractivity contribution is 5.53. The fourth-order valence-corrected chi connectivity index (χ4v) is 1.94. The van der Waals surface area contributed by atoms with Gasteiger partial charge < -0.3 is 5.32 Å². The van der Waals surface area contributed by atoms with E-state index < -0.39 is 11.7 Å². The van der Waals surface area contributed by atoms with Gasteiger partial charge in [-0.2, -0.15) is 13.2 Å². The van der Waals surface area contributed by atoms with Crippen LogP contribution in [0.15, 0.2) is 18.2 Å². The van der Waals surface area contributed by atoms with Crippen molar-refractivity contribution in [1.82, 2.24) is 0 Å². The summed E-state index contributed by atoms with van der Waals surface area (Å²) in [7, 11) is 0. The van der Waals surface area contributed by atoms with Gasteiger partial charge in [0.2, 0.25) is 0 Å². The molecule has 0 atom stereocenters. The maximum absolute atomic E-state index is 12.5. The molecule has 1 fully saturated rings. The molecule has 17 heavy (non-hydrogen) atoms. The molecule has 1 aromatic rings. The van der Waals surface area contributed by atoms with Gasteiger partial charge in [0, 0.05) is 12.2 Å². The van der Waals surface area contributed by atoms with Crippen molar-refractivity contribution in [2.45, 2.75) is 32.4 Å². The first kappa shape index (κ1) is 12.3. The van der Waals surface area contributed by atoms with Gasteiger partial charge in [-0.25, -0.2) is 0 Å². The van der Waals surface area contributed by atoms with Crippen molar-refractivity contribution in [3.05, 3.63) is 29.3 Å². The quantitative estimate of drug-likeness (QED) is 0.837. The Morgan fingerprint density at radius 3 is 2.53 bits per heavy atom. The molecule has 0 unspecified atom stereocenters. The van der Waals surface area contributed by atoms with Crippen molar-refractivity contribution in [3.63, 3.8) is 0 Å². The summed E-state index contributed by atoms with van der Waals surface area (Å²) in [6.07, 6.45) is -0.648. The molecule has 1 N–H and O–H groups in total. The lowest BCUT2D eigenvalue weighted by atomic mass is 9.85. The molecule has 0 aliphatic heterocycles. The molecule has 1 aliphatic carbocycles. The maximum Gasteiger partial charge on any atom is 0.416 e. The Morgan fingerprint density at radius 1 is 1.29 bits per heavy atom. The maximum atomic E-state index is 12.5. The fraction of sp³-hybridized carbons (Fsp3) is 0.538. The summed E-state index contributed by atoms with van der Waals surface area (Å²) in [4.78, 5) is 0. The predicted molar refractivity (Wildman–Crippen MR) is 62.0 cm³/mol. The fourth-order valence-electron chi connectivity index (χ4n) is 1.94. The second-order valence-electron chi connectivity index (χ2n) is 4.71. The molecule has 0 amide bonds. The zero-order valence-corrected chi connectivity index (χ0v) is 9.77. The van der Waals surface area contributed by atoms with Crippen LogP contribution < -0.4 is 5.32 Å². The van der Waals surface area contributed by atoms with Crippen LogP contribution in [0.25, 0.3) is 0 Å². The third-order valence-electron chi connectivity index (χ3n) is 3.37. The van der Waals surface area contributed by atoms with E-state index in [4.69, 9.17) is 0 Å². The van der Waals surface area contributed by atoms with Gasteiger partial charge in [0.15, 0.2) is 0 Å². The van der Waals surface area contributed by atoms with Gasteiger partial charge in [0.1, 0.15) is 0 Å². The minimum Gasteiger partial charge on any atom is -0.385 e. The minimum absolute atomic E-state index is 0.584. The molecule has 0 aromatic heterocycles. The first-order valence-electron chi connectivity index (χ1n) is 5.88. The van der Waals surface area contributed by atoms with Crippen molar-refractivity contribution >= 4 is 5.69 Å². The summed E-state index contributed by atoms with van der Waals surface area (Å²) < 4.78 is 37.6. The number of hydrogen-bond donors (Lipinski definition) is 1. The van der Waals surface area contributed by atoms with Crippen LogP contribution in [0.3, 0.4) is 0 Å². The molecule has 2 rings (SSSR count). The van der Waals surface area contributed by atoms with Crippen LogP contribution in [0.1, 0.15) is 30.4 Å². The molecular formula is C13H16F3N. The van der Waals surface area contributed by atoms with Gasteiger partial charge >= 0.3 is 6.18 Å². The molecule has 4 heteroatoms. The SMILES string of the molecule is Cc1ccc(C(F)(F)F)cc1NCC1CCC1. The smallest absolute Gasteiger partial charge is 0.385 e.